The highest BCUT2D eigenvalue weighted by atomic mass is 79.9. The van der Waals surface area contributed by atoms with Gasteiger partial charge < -0.3 is 14.6 Å². The SMILES string of the molecule is OC(c1cc(Br)cs1)C1CCOC2(CCOCC2)C1. The van der Waals surface area contributed by atoms with Crippen molar-refractivity contribution >= 4 is 27.3 Å². The summed E-state index contributed by atoms with van der Waals surface area (Å²) in [5, 5.41) is 12.6. The Morgan fingerprint density at radius 1 is 1.37 bits per heavy atom. The smallest absolute Gasteiger partial charge is 0.0912 e. The molecule has 2 fully saturated rings. The third kappa shape index (κ3) is 3.05. The highest BCUT2D eigenvalue weighted by molar-refractivity contribution is 9.10. The van der Waals surface area contributed by atoms with Crippen molar-refractivity contribution in [2.45, 2.75) is 37.4 Å². The molecule has 0 bridgehead atoms. The minimum Gasteiger partial charge on any atom is -0.387 e. The fraction of sp³-hybridized carbons (Fsp3) is 0.714. The molecule has 2 unspecified atom stereocenters. The van der Waals surface area contributed by atoms with Crippen molar-refractivity contribution in [3.63, 3.8) is 0 Å². The maximum Gasteiger partial charge on any atom is 0.0912 e. The van der Waals surface area contributed by atoms with Crippen LogP contribution in [0.5, 0.6) is 0 Å². The minimum absolute atomic E-state index is 0.0450. The molecule has 1 spiro atoms. The Labute approximate surface area is 126 Å². The molecule has 1 N–H and O–H groups in total. The van der Waals surface area contributed by atoms with Crippen LogP contribution < -0.4 is 0 Å². The maximum atomic E-state index is 10.6. The fourth-order valence-electron chi connectivity index (χ4n) is 3.14. The van der Waals surface area contributed by atoms with Crippen LogP contribution >= 0.6 is 27.3 Å². The molecule has 0 aliphatic carbocycles. The molecule has 19 heavy (non-hydrogen) atoms. The zero-order chi connectivity index (χ0) is 13.3. The summed E-state index contributed by atoms with van der Waals surface area (Å²) in [7, 11) is 0. The number of rotatable bonds is 2. The maximum absolute atomic E-state index is 10.6. The molecule has 2 saturated heterocycles. The van der Waals surface area contributed by atoms with Gasteiger partial charge in [0.1, 0.15) is 0 Å². The van der Waals surface area contributed by atoms with Crippen molar-refractivity contribution in [3.8, 4) is 0 Å². The van der Waals surface area contributed by atoms with Crippen LogP contribution in [0, 0.1) is 5.92 Å². The summed E-state index contributed by atoms with van der Waals surface area (Å²) in [5.41, 5.74) is -0.0450. The largest absolute Gasteiger partial charge is 0.387 e. The van der Waals surface area contributed by atoms with Crippen molar-refractivity contribution in [2.24, 2.45) is 5.92 Å². The molecule has 3 heterocycles. The molecule has 1 aromatic rings. The van der Waals surface area contributed by atoms with Gasteiger partial charge in [0, 0.05) is 34.6 Å². The van der Waals surface area contributed by atoms with Crippen LogP contribution in [-0.2, 0) is 9.47 Å². The third-order valence-electron chi connectivity index (χ3n) is 4.26. The molecular formula is C14H19BrO3S. The predicted octanol–water partition coefficient (Wildman–Crippen LogP) is 3.52. The molecule has 3 nitrogen and oxygen atoms in total. The van der Waals surface area contributed by atoms with E-state index in [0.717, 1.165) is 54.9 Å². The summed E-state index contributed by atoms with van der Waals surface area (Å²) in [6, 6.07) is 2.03. The quantitative estimate of drug-likeness (QED) is 0.890. The molecular weight excluding hydrogens is 328 g/mol. The first-order valence-electron chi connectivity index (χ1n) is 6.82. The van der Waals surface area contributed by atoms with E-state index in [1.165, 1.54) is 0 Å². The first-order valence-corrected chi connectivity index (χ1v) is 8.49. The standard InChI is InChI=1S/C14H19BrO3S/c15-11-7-12(19-9-11)13(16)10-1-4-18-14(8-10)2-5-17-6-3-14/h7,9-10,13,16H,1-6,8H2. The number of hydrogen-bond acceptors (Lipinski definition) is 4. The zero-order valence-electron chi connectivity index (χ0n) is 10.8. The number of aliphatic hydroxyl groups is 1. The lowest BCUT2D eigenvalue weighted by molar-refractivity contribution is -0.158. The van der Waals surface area contributed by atoms with Gasteiger partial charge in [0.25, 0.3) is 0 Å². The number of thiophene rings is 1. The average Bonchev–Trinajstić information content (AvgIpc) is 2.85. The Balaban J connectivity index is 1.70. The first-order chi connectivity index (χ1) is 9.19. The van der Waals surface area contributed by atoms with E-state index >= 15 is 0 Å². The molecule has 1 aromatic heterocycles. The topological polar surface area (TPSA) is 38.7 Å². The van der Waals surface area contributed by atoms with Gasteiger partial charge in [-0.1, -0.05) is 0 Å². The van der Waals surface area contributed by atoms with Crippen molar-refractivity contribution < 1.29 is 14.6 Å². The van der Waals surface area contributed by atoms with Crippen LogP contribution in [0.2, 0.25) is 0 Å². The van der Waals surface area contributed by atoms with Gasteiger partial charge in [0.15, 0.2) is 0 Å². The molecule has 5 heteroatoms. The second-order valence-corrected chi connectivity index (χ2v) is 7.37. The Hall–Kier alpha value is 0.0600. The Morgan fingerprint density at radius 3 is 2.84 bits per heavy atom. The van der Waals surface area contributed by atoms with Gasteiger partial charge in [-0.2, -0.15) is 0 Å². The lowest BCUT2D eigenvalue weighted by Crippen LogP contribution is -2.45. The second-order valence-electron chi connectivity index (χ2n) is 5.51. The van der Waals surface area contributed by atoms with E-state index in [4.69, 9.17) is 9.47 Å². The van der Waals surface area contributed by atoms with Gasteiger partial charge in [-0.15, -0.1) is 11.3 Å². The van der Waals surface area contributed by atoms with Crippen LogP contribution in [0.3, 0.4) is 0 Å². The van der Waals surface area contributed by atoms with Crippen molar-refractivity contribution in [1.29, 1.82) is 0 Å². The molecule has 2 atom stereocenters. The van der Waals surface area contributed by atoms with Gasteiger partial charge >= 0.3 is 0 Å². The fourth-order valence-corrected chi connectivity index (χ4v) is 4.66. The Kier molecular flexibility index (Phi) is 4.29. The summed E-state index contributed by atoms with van der Waals surface area (Å²) in [5.74, 6) is 0.303. The highest BCUT2D eigenvalue weighted by Crippen LogP contribution is 2.43. The average molecular weight is 347 g/mol. The summed E-state index contributed by atoms with van der Waals surface area (Å²) < 4.78 is 12.5. The summed E-state index contributed by atoms with van der Waals surface area (Å²) in [6.07, 6.45) is 3.46. The molecule has 0 aromatic carbocycles. The number of halogens is 1. The lowest BCUT2D eigenvalue weighted by Gasteiger charge is -2.44. The van der Waals surface area contributed by atoms with Gasteiger partial charge in [-0.3, -0.25) is 0 Å². The molecule has 0 saturated carbocycles. The zero-order valence-corrected chi connectivity index (χ0v) is 13.2. The van der Waals surface area contributed by atoms with Crippen LogP contribution in [0.25, 0.3) is 0 Å². The van der Waals surface area contributed by atoms with E-state index in [1.54, 1.807) is 11.3 Å². The summed E-state index contributed by atoms with van der Waals surface area (Å²) >= 11 is 5.08. The van der Waals surface area contributed by atoms with E-state index in [0.29, 0.717) is 5.92 Å². The van der Waals surface area contributed by atoms with Crippen molar-refractivity contribution in [3.05, 3.63) is 20.8 Å². The van der Waals surface area contributed by atoms with Gasteiger partial charge in [0.2, 0.25) is 0 Å². The Bertz CT molecular complexity index is 423. The first kappa shape index (κ1) is 14.0. The molecule has 2 aliphatic heterocycles. The van der Waals surface area contributed by atoms with Crippen LogP contribution in [-0.4, -0.2) is 30.5 Å². The van der Waals surface area contributed by atoms with Crippen molar-refractivity contribution in [2.75, 3.05) is 19.8 Å². The third-order valence-corrected chi connectivity index (χ3v) is 6.03. The molecule has 0 amide bonds. The van der Waals surface area contributed by atoms with Crippen LogP contribution in [0.4, 0.5) is 0 Å². The van der Waals surface area contributed by atoms with E-state index in [2.05, 4.69) is 15.9 Å². The number of aliphatic hydroxyl groups excluding tert-OH is 1. The molecule has 106 valence electrons. The van der Waals surface area contributed by atoms with Crippen LogP contribution in [0.1, 0.15) is 36.7 Å². The molecule has 0 radical (unpaired) electrons. The molecule has 2 aliphatic rings. The van der Waals surface area contributed by atoms with Crippen LogP contribution in [0.15, 0.2) is 15.9 Å². The van der Waals surface area contributed by atoms with Gasteiger partial charge in [-0.25, -0.2) is 0 Å². The molecule has 3 rings (SSSR count). The number of hydrogen-bond donors (Lipinski definition) is 1. The number of ether oxygens (including phenoxy) is 2. The summed E-state index contributed by atoms with van der Waals surface area (Å²) in [4.78, 5) is 1.06. The van der Waals surface area contributed by atoms with E-state index in [-0.39, 0.29) is 11.7 Å². The predicted molar refractivity (Wildman–Crippen MR) is 78.4 cm³/mol. The van der Waals surface area contributed by atoms with Gasteiger partial charge in [-0.05, 0) is 53.6 Å². The second kappa shape index (κ2) is 5.82. The van der Waals surface area contributed by atoms with Gasteiger partial charge in [0.05, 0.1) is 11.7 Å². The summed E-state index contributed by atoms with van der Waals surface area (Å²) in [6.45, 7) is 2.33. The van der Waals surface area contributed by atoms with E-state index in [1.807, 2.05) is 11.4 Å². The highest BCUT2D eigenvalue weighted by Gasteiger charge is 2.41. The normalized spacial score (nSPS) is 28.4. The van der Waals surface area contributed by atoms with Crippen molar-refractivity contribution in [1.82, 2.24) is 0 Å². The monoisotopic (exact) mass is 346 g/mol. The lowest BCUT2D eigenvalue weighted by atomic mass is 9.78. The van der Waals surface area contributed by atoms with E-state index in [9.17, 15) is 5.11 Å². The Morgan fingerprint density at radius 2 is 2.16 bits per heavy atom. The minimum atomic E-state index is -0.361. The van der Waals surface area contributed by atoms with E-state index < -0.39 is 0 Å².